The van der Waals surface area contributed by atoms with Gasteiger partial charge in [0.25, 0.3) is 0 Å². The van der Waals surface area contributed by atoms with Gasteiger partial charge in [0.05, 0.1) is 25.5 Å². The average Bonchev–Trinajstić information content (AvgIpc) is 3.12. The standard InChI is InChI=1S/C15H16N2O3/c1-18-10-12(13-7-4-8-19-13)16-9-15-17-11-5-2-3-6-14(11)20-15/h2-8,12,16H,9-10H2,1H3/t12-/m1/s1. The minimum absolute atomic E-state index is 0.0231. The van der Waals surface area contributed by atoms with Crippen molar-refractivity contribution in [2.24, 2.45) is 0 Å². The van der Waals surface area contributed by atoms with Crippen molar-refractivity contribution >= 4 is 11.1 Å². The van der Waals surface area contributed by atoms with Gasteiger partial charge < -0.3 is 13.6 Å². The van der Waals surface area contributed by atoms with E-state index in [0.29, 0.717) is 19.0 Å². The third-order valence-electron chi connectivity index (χ3n) is 3.06. The number of hydrogen-bond acceptors (Lipinski definition) is 5. The van der Waals surface area contributed by atoms with Crippen molar-refractivity contribution in [3.63, 3.8) is 0 Å². The molecule has 0 fully saturated rings. The maximum Gasteiger partial charge on any atom is 0.209 e. The van der Waals surface area contributed by atoms with Gasteiger partial charge in [0.1, 0.15) is 11.3 Å². The Balaban J connectivity index is 1.70. The second kappa shape index (κ2) is 5.90. The van der Waals surface area contributed by atoms with Crippen molar-refractivity contribution in [1.29, 1.82) is 0 Å². The van der Waals surface area contributed by atoms with Crippen LogP contribution in [0.1, 0.15) is 17.7 Å². The predicted octanol–water partition coefficient (Wildman–Crippen LogP) is 2.90. The van der Waals surface area contributed by atoms with E-state index in [1.165, 1.54) is 0 Å². The van der Waals surface area contributed by atoms with Crippen molar-refractivity contribution < 1.29 is 13.6 Å². The molecule has 5 heteroatoms. The number of fused-ring (bicyclic) bond motifs is 1. The topological polar surface area (TPSA) is 60.4 Å². The number of rotatable bonds is 6. The number of furan rings is 1. The van der Waals surface area contributed by atoms with Gasteiger partial charge in [-0.25, -0.2) is 4.98 Å². The van der Waals surface area contributed by atoms with Gasteiger partial charge in [-0.1, -0.05) is 12.1 Å². The third-order valence-corrected chi connectivity index (χ3v) is 3.06. The summed E-state index contributed by atoms with van der Waals surface area (Å²) in [6, 6.07) is 11.5. The van der Waals surface area contributed by atoms with Crippen LogP contribution >= 0.6 is 0 Å². The van der Waals surface area contributed by atoms with Crippen molar-refractivity contribution in [1.82, 2.24) is 10.3 Å². The Morgan fingerprint density at radius 1 is 1.25 bits per heavy atom. The van der Waals surface area contributed by atoms with E-state index in [4.69, 9.17) is 13.6 Å². The zero-order chi connectivity index (χ0) is 13.8. The van der Waals surface area contributed by atoms with Crippen LogP contribution in [0.5, 0.6) is 0 Å². The van der Waals surface area contributed by atoms with E-state index in [-0.39, 0.29) is 6.04 Å². The fourth-order valence-electron chi connectivity index (χ4n) is 2.10. The Bertz CT molecular complexity index is 628. The molecule has 1 N–H and O–H groups in total. The van der Waals surface area contributed by atoms with Crippen LogP contribution in [0.3, 0.4) is 0 Å². The molecule has 0 saturated carbocycles. The smallest absolute Gasteiger partial charge is 0.209 e. The van der Waals surface area contributed by atoms with E-state index >= 15 is 0 Å². The normalized spacial score (nSPS) is 12.8. The highest BCUT2D eigenvalue weighted by molar-refractivity contribution is 5.72. The molecule has 0 aliphatic rings. The van der Waals surface area contributed by atoms with Crippen molar-refractivity contribution in [3.05, 3.63) is 54.3 Å². The monoisotopic (exact) mass is 272 g/mol. The maximum atomic E-state index is 5.67. The van der Waals surface area contributed by atoms with E-state index in [9.17, 15) is 0 Å². The number of nitrogens with zero attached hydrogens (tertiary/aromatic N) is 1. The number of oxazole rings is 1. The summed E-state index contributed by atoms with van der Waals surface area (Å²) in [5.74, 6) is 1.49. The summed E-state index contributed by atoms with van der Waals surface area (Å²) in [5.41, 5.74) is 1.66. The van der Waals surface area contributed by atoms with Crippen LogP contribution in [0.25, 0.3) is 11.1 Å². The summed E-state index contributed by atoms with van der Waals surface area (Å²) in [6.07, 6.45) is 1.65. The zero-order valence-electron chi connectivity index (χ0n) is 11.2. The van der Waals surface area contributed by atoms with E-state index in [1.54, 1.807) is 13.4 Å². The van der Waals surface area contributed by atoms with Gasteiger partial charge in [0, 0.05) is 7.11 Å². The molecule has 0 saturated heterocycles. The predicted molar refractivity (Wildman–Crippen MR) is 74.2 cm³/mol. The van der Waals surface area contributed by atoms with Crippen LogP contribution < -0.4 is 5.32 Å². The van der Waals surface area contributed by atoms with Crippen molar-refractivity contribution in [2.75, 3.05) is 13.7 Å². The quantitative estimate of drug-likeness (QED) is 0.747. The first-order chi connectivity index (χ1) is 9.86. The molecule has 3 aromatic rings. The molecule has 0 unspecified atom stereocenters. The first-order valence-electron chi connectivity index (χ1n) is 6.47. The molecular weight excluding hydrogens is 256 g/mol. The molecule has 1 aromatic carbocycles. The van der Waals surface area contributed by atoms with Crippen LogP contribution in [0.2, 0.25) is 0 Å². The number of hydrogen-bond donors (Lipinski definition) is 1. The van der Waals surface area contributed by atoms with Gasteiger partial charge in [-0.3, -0.25) is 5.32 Å². The average molecular weight is 272 g/mol. The fraction of sp³-hybridized carbons (Fsp3) is 0.267. The van der Waals surface area contributed by atoms with Gasteiger partial charge in [-0.05, 0) is 24.3 Å². The van der Waals surface area contributed by atoms with Crippen molar-refractivity contribution in [2.45, 2.75) is 12.6 Å². The molecule has 0 bridgehead atoms. The molecule has 2 aromatic heterocycles. The molecule has 5 nitrogen and oxygen atoms in total. The minimum Gasteiger partial charge on any atom is -0.468 e. The lowest BCUT2D eigenvalue weighted by molar-refractivity contribution is 0.155. The number of aromatic nitrogens is 1. The molecule has 0 aliphatic carbocycles. The lowest BCUT2D eigenvalue weighted by Crippen LogP contribution is -2.24. The van der Waals surface area contributed by atoms with Crippen LogP contribution in [-0.4, -0.2) is 18.7 Å². The number of nitrogens with one attached hydrogen (secondary N) is 1. The van der Waals surface area contributed by atoms with Crippen LogP contribution in [-0.2, 0) is 11.3 Å². The summed E-state index contributed by atoms with van der Waals surface area (Å²) in [5, 5.41) is 3.33. The largest absolute Gasteiger partial charge is 0.468 e. The molecule has 0 aliphatic heterocycles. The Hall–Kier alpha value is -2.11. The Morgan fingerprint density at radius 3 is 2.90 bits per heavy atom. The molecule has 104 valence electrons. The lowest BCUT2D eigenvalue weighted by Gasteiger charge is -2.14. The second-order valence-corrected chi connectivity index (χ2v) is 4.48. The van der Waals surface area contributed by atoms with E-state index in [0.717, 1.165) is 16.9 Å². The molecule has 1 atom stereocenters. The Labute approximate surface area is 116 Å². The minimum atomic E-state index is -0.0231. The summed E-state index contributed by atoms with van der Waals surface area (Å²) in [7, 11) is 1.66. The molecule has 0 spiro atoms. The highest BCUT2D eigenvalue weighted by Gasteiger charge is 2.15. The van der Waals surface area contributed by atoms with E-state index in [1.807, 2.05) is 36.4 Å². The fourth-order valence-corrected chi connectivity index (χ4v) is 2.10. The Kier molecular flexibility index (Phi) is 3.80. The number of ether oxygens (including phenoxy) is 1. The summed E-state index contributed by atoms with van der Waals surface area (Å²) in [6.45, 7) is 1.04. The molecule has 3 rings (SSSR count). The summed E-state index contributed by atoms with van der Waals surface area (Å²) < 4.78 is 16.3. The number of methoxy groups -OCH3 is 1. The van der Waals surface area contributed by atoms with Crippen LogP contribution in [0, 0.1) is 0 Å². The number of para-hydroxylation sites is 2. The molecule has 0 radical (unpaired) electrons. The molecule has 20 heavy (non-hydrogen) atoms. The SMILES string of the molecule is COC[C@@H](NCc1nc2ccccc2o1)c1ccco1. The number of benzene rings is 1. The van der Waals surface area contributed by atoms with Crippen molar-refractivity contribution in [3.8, 4) is 0 Å². The highest BCUT2D eigenvalue weighted by atomic mass is 16.5. The van der Waals surface area contributed by atoms with Gasteiger partial charge in [0.2, 0.25) is 5.89 Å². The van der Waals surface area contributed by atoms with Crippen LogP contribution in [0.15, 0.2) is 51.5 Å². The first-order valence-corrected chi connectivity index (χ1v) is 6.47. The van der Waals surface area contributed by atoms with Gasteiger partial charge in [-0.15, -0.1) is 0 Å². The zero-order valence-corrected chi connectivity index (χ0v) is 11.2. The highest BCUT2D eigenvalue weighted by Crippen LogP contribution is 2.17. The molecule has 2 heterocycles. The summed E-state index contributed by atoms with van der Waals surface area (Å²) >= 11 is 0. The van der Waals surface area contributed by atoms with Gasteiger partial charge in [-0.2, -0.15) is 0 Å². The van der Waals surface area contributed by atoms with E-state index < -0.39 is 0 Å². The molecule has 0 amide bonds. The first kappa shape index (κ1) is 12.9. The third kappa shape index (κ3) is 2.74. The Morgan fingerprint density at radius 2 is 2.15 bits per heavy atom. The van der Waals surface area contributed by atoms with Gasteiger partial charge >= 0.3 is 0 Å². The van der Waals surface area contributed by atoms with E-state index in [2.05, 4.69) is 10.3 Å². The maximum absolute atomic E-state index is 5.67. The van der Waals surface area contributed by atoms with Crippen LogP contribution in [0.4, 0.5) is 0 Å². The molecular formula is C15H16N2O3. The summed E-state index contributed by atoms with van der Waals surface area (Å²) in [4.78, 5) is 4.43. The van der Waals surface area contributed by atoms with Gasteiger partial charge in [0.15, 0.2) is 5.58 Å². The second-order valence-electron chi connectivity index (χ2n) is 4.48. The lowest BCUT2D eigenvalue weighted by atomic mass is 10.2.